The van der Waals surface area contributed by atoms with Crippen molar-refractivity contribution in [2.24, 2.45) is 0 Å². The first-order chi connectivity index (χ1) is 17.2. The molecule has 3 rings (SSSR count). The fourth-order valence-corrected chi connectivity index (χ4v) is 4.67. The number of rotatable bonds is 11. The Kier molecular flexibility index (Phi) is 9.37. The molecule has 1 heterocycles. The molecule has 0 saturated carbocycles. The molecule has 36 heavy (non-hydrogen) atoms. The molecule has 198 valence electrons. The molecule has 0 unspecified atom stereocenters. The molecule has 0 atom stereocenters. The van der Waals surface area contributed by atoms with Crippen LogP contribution in [0.1, 0.15) is 54.6 Å². The van der Waals surface area contributed by atoms with Crippen molar-refractivity contribution in [3.63, 3.8) is 0 Å². The third-order valence-corrected chi connectivity index (χ3v) is 6.77. The molecule has 0 radical (unpaired) electrons. The number of aryl methyl sites for hydroxylation is 1. The molecule has 9 heteroatoms. The zero-order chi connectivity index (χ0) is 26.3. The van der Waals surface area contributed by atoms with Crippen LogP contribution in [0.4, 0.5) is 25.8 Å². The zero-order valence-electron chi connectivity index (χ0n) is 21.6. The number of ether oxygens (including phenoxy) is 1. The number of nitrogens with two attached hydrogens (primary N) is 2. The van der Waals surface area contributed by atoms with E-state index in [1.54, 1.807) is 19.2 Å². The molecule has 1 saturated heterocycles. The number of amides is 1. The summed E-state index contributed by atoms with van der Waals surface area (Å²) in [6.45, 7) is 7.77. The van der Waals surface area contributed by atoms with E-state index in [0.29, 0.717) is 23.5 Å². The number of carbonyl (C=O) groups is 1. The lowest BCUT2D eigenvalue weighted by Gasteiger charge is -2.36. The number of nitrogens with zero attached hydrogens (tertiary/aromatic N) is 2. The summed E-state index contributed by atoms with van der Waals surface area (Å²) in [5, 5.41) is 2.97. The second kappa shape index (κ2) is 12.3. The lowest BCUT2D eigenvalue weighted by Crippen LogP contribution is -2.46. The van der Waals surface area contributed by atoms with E-state index in [4.69, 9.17) is 16.2 Å². The Labute approximate surface area is 212 Å². The van der Waals surface area contributed by atoms with Crippen molar-refractivity contribution in [3.8, 4) is 5.75 Å². The highest BCUT2D eigenvalue weighted by atomic mass is 19.3. The van der Waals surface area contributed by atoms with Crippen LogP contribution in [0.2, 0.25) is 0 Å². The van der Waals surface area contributed by atoms with E-state index in [-0.39, 0.29) is 17.2 Å². The van der Waals surface area contributed by atoms with Gasteiger partial charge >= 0.3 is 0 Å². The Morgan fingerprint density at radius 3 is 2.39 bits per heavy atom. The highest BCUT2D eigenvalue weighted by Crippen LogP contribution is 2.34. The Hall–Kier alpha value is -3.07. The molecule has 0 aliphatic carbocycles. The number of unbranched alkanes of at least 4 members (excludes halogenated alkanes) is 2. The van der Waals surface area contributed by atoms with Crippen LogP contribution in [-0.4, -0.2) is 57.2 Å². The van der Waals surface area contributed by atoms with E-state index in [1.807, 2.05) is 19.1 Å². The number of anilines is 3. The number of piperazine rings is 1. The number of alkyl halides is 2. The zero-order valence-corrected chi connectivity index (χ0v) is 21.6. The van der Waals surface area contributed by atoms with E-state index in [9.17, 15) is 13.6 Å². The molecule has 0 bridgehead atoms. The number of nitrogens with one attached hydrogen (secondary N) is 1. The summed E-state index contributed by atoms with van der Waals surface area (Å²) in [5.74, 6) is -2.62. The summed E-state index contributed by atoms with van der Waals surface area (Å²) < 4.78 is 33.1. The normalized spacial score (nSPS) is 14.6. The van der Waals surface area contributed by atoms with Crippen LogP contribution in [0.15, 0.2) is 30.3 Å². The van der Waals surface area contributed by atoms with Gasteiger partial charge in [-0.2, -0.15) is 0 Å². The summed E-state index contributed by atoms with van der Waals surface area (Å²) in [6, 6.07) is 8.54. The van der Waals surface area contributed by atoms with Gasteiger partial charge in [-0.1, -0.05) is 19.4 Å². The van der Waals surface area contributed by atoms with Crippen LogP contribution < -0.4 is 26.4 Å². The molecule has 1 aliphatic heterocycles. The van der Waals surface area contributed by atoms with Crippen LogP contribution in [-0.2, 0) is 12.3 Å². The molecule has 5 N–H and O–H groups in total. The minimum Gasteiger partial charge on any atom is -0.496 e. The van der Waals surface area contributed by atoms with Crippen molar-refractivity contribution >= 4 is 23.0 Å². The summed E-state index contributed by atoms with van der Waals surface area (Å²) >= 11 is 0. The van der Waals surface area contributed by atoms with Crippen molar-refractivity contribution in [1.29, 1.82) is 0 Å². The number of nitrogen functional groups attached to an aromatic ring is 2. The van der Waals surface area contributed by atoms with E-state index in [2.05, 4.69) is 15.1 Å². The number of carbonyl (C=O) groups excluding carboxylic acids is 1. The standard InChI is InChI=1S/C27H39F2N5O2/c1-4-19-8-10-23(31)24(25(19)36-3)26(35)32-12-6-5-7-13-33-14-16-34(17-15-33)20-9-11-22(30)21(18-20)27(2,28)29/h8-11,18H,4-7,12-17,30-31H2,1-3H3,(H,32,35). The molecule has 2 aromatic rings. The monoisotopic (exact) mass is 503 g/mol. The van der Waals surface area contributed by atoms with Gasteiger partial charge in [0.25, 0.3) is 11.8 Å². The third-order valence-electron chi connectivity index (χ3n) is 6.77. The van der Waals surface area contributed by atoms with Crippen molar-refractivity contribution in [1.82, 2.24) is 10.2 Å². The first-order valence-corrected chi connectivity index (χ1v) is 12.6. The molecule has 2 aromatic carbocycles. The van der Waals surface area contributed by atoms with Crippen LogP contribution in [0.5, 0.6) is 5.75 Å². The summed E-state index contributed by atoms with van der Waals surface area (Å²) in [4.78, 5) is 17.2. The number of hydrogen-bond donors (Lipinski definition) is 3. The van der Waals surface area contributed by atoms with Crippen molar-refractivity contribution < 1.29 is 18.3 Å². The molecule has 0 spiro atoms. The van der Waals surface area contributed by atoms with Gasteiger partial charge in [0, 0.05) is 62.3 Å². The lowest BCUT2D eigenvalue weighted by atomic mass is 10.0. The van der Waals surface area contributed by atoms with E-state index in [0.717, 1.165) is 76.6 Å². The molecular formula is C27H39F2N5O2. The first-order valence-electron chi connectivity index (χ1n) is 12.6. The fourth-order valence-electron chi connectivity index (χ4n) is 4.67. The smallest absolute Gasteiger partial charge is 0.272 e. The minimum atomic E-state index is -2.96. The first kappa shape index (κ1) is 27.5. The van der Waals surface area contributed by atoms with Crippen LogP contribution >= 0.6 is 0 Å². The molecule has 7 nitrogen and oxygen atoms in total. The van der Waals surface area contributed by atoms with Gasteiger partial charge in [0.2, 0.25) is 0 Å². The average molecular weight is 504 g/mol. The van der Waals surface area contributed by atoms with Gasteiger partial charge in [0.1, 0.15) is 11.3 Å². The van der Waals surface area contributed by atoms with Crippen molar-refractivity contribution in [2.75, 3.05) is 62.7 Å². The summed E-state index contributed by atoms with van der Waals surface area (Å²) in [7, 11) is 1.56. The van der Waals surface area contributed by atoms with Crippen LogP contribution in [0, 0.1) is 0 Å². The maximum Gasteiger partial charge on any atom is 0.272 e. The number of halogens is 2. The largest absolute Gasteiger partial charge is 0.496 e. The molecule has 1 amide bonds. The maximum atomic E-state index is 13.8. The SMILES string of the molecule is CCc1ccc(N)c(C(=O)NCCCCCN2CCN(c3ccc(N)c(C(C)(F)F)c3)CC2)c1OC. The Morgan fingerprint density at radius 2 is 1.75 bits per heavy atom. The highest BCUT2D eigenvalue weighted by molar-refractivity contribution is 6.02. The van der Waals surface area contributed by atoms with Crippen LogP contribution in [0.25, 0.3) is 0 Å². The number of methoxy groups -OCH3 is 1. The predicted octanol–water partition coefficient (Wildman–Crippen LogP) is 4.26. The fraction of sp³-hybridized carbons (Fsp3) is 0.519. The summed E-state index contributed by atoms with van der Waals surface area (Å²) in [5.41, 5.74) is 14.4. The van der Waals surface area contributed by atoms with E-state index >= 15 is 0 Å². The van der Waals surface area contributed by atoms with Gasteiger partial charge in [-0.25, -0.2) is 8.78 Å². The van der Waals surface area contributed by atoms with Gasteiger partial charge in [-0.3, -0.25) is 9.69 Å². The number of benzene rings is 2. The maximum absolute atomic E-state index is 13.8. The van der Waals surface area contributed by atoms with Crippen molar-refractivity contribution in [3.05, 3.63) is 47.0 Å². The second-order valence-corrected chi connectivity index (χ2v) is 9.38. The predicted molar refractivity (Wildman–Crippen MR) is 142 cm³/mol. The molecule has 1 fully saturated rings. The molecule has 1 aliphatic rings. The highest BCUT2D eigenvalue weighted by Gasteiger charge is 2.28. The van der Waals surface area contributed by atoms with E-state index in [1.165, 1.54) is 6.07 Å². The van der Waals surface area contributed by atoms with Crippen molar-refractivity contribution in [2.45, 2.75) is 45.5 Å². The minimum absolute atomic E-state index is 0.117. The van der Waals surface area contributed by atoms with Crippen LogP contribution in [0.3, 0.4) is 0 Å². The molecular weight excluding hydrogens is 464 g/mol. The number of hydrogen-bond acceptors (Lipinski definition) is 6. The van der Waals surface area contributed by atoms with Gasteiger partial charge in [0.15, 0.2) is 0 Å². The van der Waals surface area contributed by atoms with Gasteiger partial charge < -0.3 is 26.4 Å². The Bertz CT molecular complexity index is 1030. The van der Waals surface area contributed by atoms with Gasteiger partial charge in [-0.15, -0.1) is 0 Å². The quantitative estimate of drug-likeness (QED) is 0.313. The van der Waals surface area contributed by atoms with Gasteiger partial charge in [-0.05, 0) is 55.6 Å². The third kappa shape index (κ3) is 6.78. The average Bonchev–Trinajstić information content (AvgIpc) is 2.85. The topological polar surface area (TPSA) is 96.9 Å². The Balaban J connectivity index is 1.38. The molecule has 0 aromatic heterocycles. The van der Waals surface area contributed by atoms with E-state index < -0.39 is 5.92 Å². The second-order valence-electron chi connectivity index (χ2n) is 9.38. The lowest BCUT2D eigenvalue weighted by molar-refractivity contribution is 0.0183. The summed E-state index contributed by atoms with van der Waals surface area (Å²) in [6.07, 6.45) is 3.66. The Morgan fingerprint density at radius 1 is 1.06 bits per heavy atom. The van der Waals surface area contributed by atoms with Gasteiger partial charge in [0.05, 0.1) is 7.11 Å².